The smallest absolute Gasteiger partial charge is 0.240 e. The first-order chi connectivity index (χ1) is 10.5. The molecule has 1 aliphatic rings. The Morgan fingerprint density at radius 2 is 2.23 bits per heavy atom. The first kappa shape index (κ1) is 15.1. The Hall–Kier alpha value is -1.76. The van der Waals surface area contributed by atoms with Crippen molar-refractivity contribution in [2.75, 3.05) is 13.1 Å². The van der Waals surface area contributed by atoms with Crippen LogP contribution < -0.4 is 0 Å². The molecule has 7 heteroatoms. The van der Waals surface area contributed by atoms with Crippen molar-refractivity contribution < 1.29 is 4.52 Å². The zero-order chi connectivity index (χ0) is 15.6. The lowest BCUT2D eigenvalue weighted by Crippen LogP contribution is -2.36. The molecule has 0 bridgehead atoms. The quantitative estimate of drug-likeness (QED) is 0.858. The molecule has 0 spiro atoms. The number of rotatable bonds is 4. The van der Waals surface area contributed by atoms with Crippen molar-refractivity contribution >= 4 is 0 Å². The average molecular weight is 304 g/mol. The van der Waals surface area contributed by atoms with Crippen LogP contribution in [0.2, 0.25) is 0 Å². The molecule has 3 heterocycles. The van der Waals surface area contributed by atoms with E-state index in [2.05, 4.69) is 45.9 Å². The normalized spacial score (nSPS) is 20.4. The number of likely N-dealkylation sites (tertiary alicyclic amines) is 1. The molecule has 120 valence electrons. The molecule has 1 fully saturated rings. The molecule has 3 rings (SSSR count). The van der Waals surface area contributed by atoms with Crippen LogP contribution >= 0.6 is 0 Å². The molecule has 0 N–H and O–H groups in total. The maximum Gasteiger partial charge on any atom is 0.240 e. The van der Waals surface area contributed by atoms with Gasteiger partial charge in [-0.05, 0) is 25.3 Å². The fraction of sp³-hybridized carbons (Fsp3) is 0.733. The standard InChI is InChI=1S/C15H24N6O/c1-15(2,3)14-18-13(22-19-14)9-20-6-4-5-12(7-20)8-21-11-16-10-17-21/h10-12H,4-9H2,1-3H3/t12-/m1/s1. The van der Waals surface area contributed by atoms with Crippen LogP contribution in [0.4, 0.5) is 0 Å². The minimum absolute atomic E-state index is 0.0702. The minimum atomic E-state index is -0.0702. The third kappa shape index (κ3) is 3.71. The second kappa shape index (κ2) is 6.16. The molecule has 1 saturated heterocycles. The number of aromatic nitrogens is 5. The summed E-state index contributed by atoms with van der Waals surface area (Å²) in [7, 11) is 0. The topological polar surface area (TPSA) is 72.9 Å². The maximum atomic E-state index is 5.40. The van der Waals surface area contributed by atoms with Gasteiger partial charge in [0.1, 0.15) is 12.7 Å². The highest BCUT2D eigenvalue weighted by Crippen LogP contribution is 2.22. The van der Waals surface area contributed by atoms with Gasteiger partial charge in [-0.1, -0.05) is 25.9 Å². The molecule has 0 amide bonds. The van der Waals surface area contributed by atoms with Gasteiger partial charge in [0.25, 0.3) is 0 Å². The van der Waals surface area contributed by atoms with E-state index in [0.717, 1.165) is 32.0 Å². The molecule has 1 aliphatic heterocycles. The van der Waals surface area contributed by atoms with Gasteiger partial charge in [-0.25, -0.2) is 4.98 Å². The van der Waals surface area contributed by atoms with E-state index >= 15 is 0 Å². The first-order valence-electron chi connectivity index (χ1n) is 7.88. The fourth-order valence-corrected chi connectivity index (χ4v) is 2.85. The van der Waals surface area contributed by atoms with Crippen LogP contribution in [0, 0.1) is 5.92 Å². The Labute approximate surface area is 130 Å². The van der Waals surface area contributed by atoms with Gasteiger partial charge in [0.2, 0.25) is 5.89 Å². The highest BCUT2D eigenvalue weighted by atomic mass is 16.5. The third-order valence-electron chi connectivity index (χ3n) is 4.01. The van der Waals surface area contributed by atoms with Crippen LogP contribution in [0.1, 0.15) is 45.3 Å². The Kier molecular flexibility index (Phi) is 4.24. The summed E-state index contributed by atoms with van der Waals surface area (Å²) in [5, 5.41) is 8.29. The number of piperidine rings is 1. The van der Waals surface area contributed by atoms with Crippen LogP contribution in [-0.4, -0.2) is 42.9 Å². The second-order valence-electron chi connectivity index (χ2n) is 7.12. The summed E-state index contributed by atoms with van der Waals surface area (Å²) in [6.07, 6.45) is 5.80. The monoisotopic (exact) mass is 304 g/mol. The highest BCUT2D eigenvalue weighted by Gasteiger charge is 2.24. The summed E-state index contributed by atoms with van der Waals surface area (Å²) in [4.78, 5) is 10.9. The van der Waals surface area contributed by atoms with E-state index in [9.17, 15) is 0 Å². The second-order valence-corrected chi connectivity index (χ2v) is 7.12. The van der Waals surface area contributed by atoms with Crippen LogP contribution in [0.25, 0.3) is 0 Å². The van der Waals surface area contributed by atoms with Gasteiger partial charge in [0.05, 0.1) is 6.54 Å². The maximum absolute atomic E-state index is 5.40. The lowest BCUT2D eigenvalue weighted by atomic mass is 9.96. The van der Waals surface area contributed by atoms with Crippen LogP contribution in [0.15, 0.2) is 17.2 Å². The first-order valence-corrected chi connectivity index (χ1v) is 7.88. The lowest BCUT2D eigenvalue weighted by Gasteiger charge is -2.31. The van der Waals surface area contributed by atoms with Gasteiger partial charge >= 0.3 is 0 Å². The van der Waals surface area contributed by atoms with Crippen molar-refractivity contribution in [2.45, 2.75) is 52.1 Å². The molecule has 0 saturated carbocycles. The summed E-state index contributed by atoms with van der Waals surface area (Å²) in [6.45, 7) is 10.1. The zero-order valence-corrected chi connectivity index (χ0v) is 13.6. The Morgan fingerprint density at radius 3 is 2.91 bits per heavy atom. The predicted octanol–water partition coefficient (Wildman–Crippen LogP) is 1.87. The van der Waals surface area contributed by atoms with E-state index in [-0.39, 0.29) is 5.41 Å². The summed E-state index contributed by atoms with van der Waals surface area (Å²) >= 11 is 0. The fourth-order valence-electron chi connectivity index (χ4n) is 2.85. The van der Waals surface area contributed by atoms with Crippen molar-refractivity contribution in [3.8, 4) is 0 Å². The molecule has 22 heavy (non-hydrogen) atoms. The summed E-state index contributed by atoms with van der Waals surface area (Å²) in [6, 6.07) is 0. The molecule has 1 atom stereocenters. The number of nitrogens with zero attached hydrogens (tertiary/aromatic N) is 6. The molecular formula is C15H24N6O. The lowest BCUT2D eigenvalue weighted by molar-refractivity contribution is 0.138. The van der Waals surface area contributed by atoms with Gasteiger partial charge < -0.3 is 4.52 Å². The SMILES string of the molecule is CC(C)(C)c1noc(CN2CCC[C@@H](Cn3cncn3)C2)n1. The van der Waals surface area contributed by atoms with Crippen molar-refractivity contribution in [1.29, 1.82) is 0 Å². The van der Waals surface area contributed by atoms with Gasteiger partial charge in [0.15, 0.2) is 5.82 Å². The van der Waals surface area contributed by atoms with Crippen LogP contribution in [-0.2, 0) is 18.5 Å². The number of hydrogen-bond acceptors (Lipinski definition) is 6. The molecule has 2 aromatic heterocycles. The van der Waals surface area contributed by atoms with Gasteiger partial charge in [-0.3, -0.25) is 9.58 Å². The largest absolute Gasteiger partial charge is 0.338 e. The Morgan fingerprint density at radius 1 is 1.36 bits per heavy atom. The summed E-state index contributed by atoms with van der Waals surface area (Å²) < 4.78 is 7.32. The van der Waals surface area contributed by atoms with Crippen LogP contribution in [0.3, 0.4) is 0 Å². The van der Waals surface area contributed by atoms with E-state index < -0.39 is 0 Å². The minimum Gasteiger partial charge on any atom is -0.338 e. The molecule has 0 aliphatic carbocycles. The van der Waals surface area contributed by atoms with Crippen molar-refractivity contribution in [3.63, 3.8) is 0 Å². The third-order valence-corrected chi connectivity index (χ3v) is 4.01. The van der Waals surface area contributed by atoms with Gasteiger partial charge in [-0.2, -0.15) is 10.1 Å². The van der Waals surface area contributed by atoms with E-state index in [1.165, 1.54) is 12.8 Å². The summed E-state index contributed by atoms with van der Waals surface area (Å²) in [5.41, 5.74) is -0.0702. The molecule has 0 unspecified atom stereocenters. The Bertz CT molecular complexity index is 585. The zero-order valence-electron chi connectivity index (χ0n) is 13.6. The highest BCUT2D eigenvalue weighted by molar-refractivity contribution is 5.00. The molecular weight excluding hydrogens is 280 g/mol. The van der Waals surface area contributed by atoms with Crippen molar-refractivity contribution in [1.82, 2.24) is 29.8 Å². The van der Waals surface area contributed by atoms with E-state index in [0.29, 0.717) is 11.8 Å². The molecule has 7 nitrogen and oxygen atoms in total. The molecule has 0 aromatic carbocycles. The Balaban J connectivity index is 1.57. The van der Waals surface area contributed by atoms with Crippen molar-refractivity contribution in [3.05, 3.63) is 24.4 Å². The number of hydrogen-bond donors (Lipinski definition) is 0. The predicted molar refractivity (Wildman–Crippen MR) is 81.0 cm³/mol. The van der Waals surface area contributed by atoms with E-state index in [1.54, 1.807) is 12.7 Å². The van der Waals surface area contributed by atoms with E-state index in [1.807, 2.05) is 4.68 Å². The van der Waals surface area contributed by atoms with E-state index in [4.69, 9.17) is 4.52 Å². The van der Waals surface area contributed by atoms with Crippen molar-refractivity contribution in [2.24, 2.45) is 5.92 Å². The summed E-state index contributed by atoms with van der Waals surface area (Å²) in [5.74, 6) is 2.09. The average Bonchev–Trinajstić information content (AvgIpc) is 3.10. The van der Waals surface area contributed by atoms with Crippen LogP contribution in [0.5, 0.6) is 0 Å². The molecule has 0 radical (unpaired) electrons. The van der Waals surface area contributed by atoms with Gasteiger partial charge in [-0.15, -0.1) is 0 Å². The van der Waals surface area contributed by atoms with Gasteiger partial charge in [0, 0.05) is 18.5 Å². The molecule has 2 aromatic rings.